The minimum absolute atomic E-state index is 0.00965. The molecule has 2 aromatic rings. The van der Waals surface area contributed by atoms with Gasteiger partial charge in [-0.1, -0.05) is 0 Å². The molecule has 0 fully saturated rings. The smallest absolute Gasteiger partial charge is 0.165 e. The molecule has 2 rings (SSSR count). The maximum atomic E-state index is 9.50. The highest BCUT2D eigenvalue weighted by atomic mass is 16.3. The van der Waals surface area contributed by atoms with Gasteiger partial charge in [0.1, 0.15) is 23.1 Å². The van der Waals surface area contributed by atoms with Gasteiger partial charge in [-0.25, -0.2) is 4.99 Å². The molecule has 0 radical (unpaired) electrons. The number of aromatic hydroxyl groups is 2. The van der Waals surface area contributed by atoms with E-state index in [0.717, 1.165) is 0 Å². The van der Waals surface area contributed by atoms with E-state index in [1.54, 1.807) is 0 Å². The summed E-state index contributed by atoms with van der Waals surface area (Å²) >= 11 is 0. The Labute approximate surface area is 96.5 Å². The molecule has 84 valence electrons. The van der Waals surface area contributed by atoms with Crippen LogP contribution in [0.4, 0.5) is 5.82 Å². The molecule has 17 heavy (non-hydrogen) atoms. The minimum atomic E-state index is -0.00965. The highest BCUT2D eigenvalue weighted by molar-refractivity contribution is 5.85. The average molecular weight is 228 g/mol. The van der Waals surface area contributed by atoms with Crippen LogP contribution in [0.1, 0.15) is 11.1 Å². The van der Waals surface area contributed by atoms with Crippen molar-refractivity contribution >= 4 is 12.0 Å². The standard InChI is InChI=1S/C11H8N4O2/c12-4-8-6-14-15-11(8)13-5-7-3-9(16)1-2-10(7)17/h1-3,5-6,16-17H,(H,14,15). The molecule has 6 nitrogen and oxygen atoms in total. The fourth-order valence-electron chi connectivity index (χ4n) is 1.24. The molecule has 0 saturated carbocycles. The molecular weight excluding hydrogens is 220 g/mol. The topological polar surface area (TPSA) is 105 Å². The third kappa shape index (κ3) is 2.23. The summed E-state index contributed by atoms with van der Waals surface area (Å²) in [7, 11) is 0. The first-order valence-electron chi connectivity index (χ1n) is 4.70. The molecule has 0 spiro atoms. The Morgan fingerprint density at radius 2 is 2.24 bits per heavy atom. The number of hydrogen-bond acceptors (Lipinski definition) is 5. The number of nitriles is 1. The highest BCUT2D eigenvalue weighted by Gasteiger charge is 2.03. The van der Waals surface area contributed by atoms with Crippen molar-refractivity contribution in [1.29, 1.82) is 5.26 Å². The summed E-state index contributed by atoms with van der Waals surface area (Å²) in [5.74, 6) is 0.314. The Morgan fingerprint density at radius 3 is 3.00 bits per heavy atom. The van der Waals surface area contributed by atoms with Crippen LogP contribution in [-0.4, -0.2) is 26.6 Å². The van der Waals surface area contributed by atoms with Crippen LogP contribution in [0, 0.1) is 11.3 Å². The molecule has 0 amide bonds. The molecule has 0 unspecified atom stereocenters. The fraction of sp³-hybridized carbons (Fsp3) is 0. The number of aromatic nitrogens is 2. The summed E-state index contributed by atoms with van der Waals surface area (Å²) in [5.41, 5.74) is 0.657. The van der Waals surface area contributed by atoms with Crippen molar-refractivity contribution in [2.75, 3.05) is 0 Å². The lowest BCUT2D eigenvalue weighted by Crippen LogP contribution is -1.82. The van der Waals surface area contributed by atoms with Crippen molar-refractivity contribution < 1.29 is 10.2 Å². The molecule has 6 heteroatoms. The Hall–Kier alpha value is -2.81. The summed E-state index contributed by atoms with van der Waals surface area (Å²) in [6.07, 6.45) is 2.69. The monoisotopic (exact) mass is 228 g/mol. The van der Waals surface area contributed by atoms with E-state index in [0.29, 0.717) is 16.9 Å². The normalized spacial score (nSPS) is 10.5. The van der Waals surface area contributed by atoms with Gasteiger partial charge >= 0.3 is 0 Å². The van der Waals surface area contributed by atoms with Crippen LogP contribution in [0.15, 0.2) is 29.4 Å². The van der Waals surface area contributed by atoms with E-state index < -0.39 is 0 Å². The van der Waals surface area contributed by atoms with Crippen molar-refractivity contribution in [3.63, 3.8) is 0 Å². The number of nitrogens with one attached hydrogen (secondary N) is 1. The van der Waals surface area contributed by atoms with Gasteiger partial charge in [0.25, 0.3) is 0 Å². The number of phenols is 2. The molecule has 0 aliphatic carbocycles. The molecule has 0 aliphatic heterocycles. The molecule has 0 saturated heterocycles. The zero-order valence-electron chi connectivity index (χ0n) is 8.62. The van der Waals surface area contributed by atoms with Gasteiger partial charge in [0.15, 0.2) is 5.82 Å². The molecule has 1 aromatic carbocycles. The highest BCUT2D eigenvalue weighted by Crippen LogP contribution is 2.21. The Kier molecular flexibility index (Phi) is 2.75. The van der Waals surface area contributed by atoms with Crippen molar-refractivity contribution in [1.82, 2.24) is 10.2 Å². The van der Waals surface area contributed by atoms with Gasteiger partial charge in [0, 0.05) is 11.8 Å². The Morgan fingerprint density at radius 1 is 1.41 bits per heavy atom. The molecular formula is C11H8N4O2. The van der Waals surface area contributed by atoms with Crippen molar-refractivity contribution in [3.05, 3.63) is 35.5 Å². The van der Waals surface area contributed by atoms with Crippen LogP contribution in [0.5, 0.6) is 11.5 Å². The summed E-state index contributed by atoms with van der Waals surface area (Å²) in [6, 6.07) is 6.00. The predicted molar refractivity (Wildman–Crippen MR) is 60.3 cm³/mol. The lowest BCUT2D eigenvalue weighted by atomic mass is 10.2. The van der Waals surface area contributed by atoms with Crippen LogP contribution >= 0.6 is 0 Å². The van der Waals surface area contributed by atoms with Crippen LogP contribution in [0.2, 0.25) is 0 Å². The second kappa shape index (κ2) is 4.37. The first kappa shape index (κ1) is 10.7. The largest absolute Gasteiger partial charge is 0.508 e. The van der Waals surface area contributed by atoms with Crippen molar-refractivity contribution in [3.8, 4) is 17.6 Å². The maximum absolute atomic E-state index is 9.50. The second-order valence-corrected chi connectivity index (χ2v) is 3.25. The SMILES string of the molecule is N#Cc1cn[nH]c1N=Cc1cc(O)ccc1O. The second-order valence-electron chi connectivity index (χ2n) is 3.25. The quantitative estimate of drug-likeness (QED) is 0.534. The zero-order valence-corrected chi connectivity index (χ0v) is 8.62. The van der Waals surface area contributed by atoms with Gasteiger partial charge in [-0.05, 0) is 18.2 Å². The molecule has 3 N–H and O–H groups in total. The molecule has 1 aromatic heterocycles. The van der Waals surface area contributed by atoms with E-state index in [2.05, 4.69) is 15.2 Å². The number of hydrogen-bond donors (Lipinski definition) is 3. The van der Waals surface area contributed by atoms with Gasteiger partial charge in [0.2, 0.25) is 0 Å². The van der Waals surface area contributed by atoms with E-state index in [1.165, 1.54) is 30.6 Å². The number of aliphatic imine (C=N–C) groups is 1. The summed E-state index contributed by atoms with van der Waals surface area (Å²) in [6.45, 7) is 0. The van der Waals surface area contributed by atoms with E-state index in [1.807, 2.05) is 6.07 Å². The number of phenolic OH excluding ortho intramolecular Hbond substituents is 2. The molecule has 0 bridgehead atoms. The van der Waals surface area contributed by atoms with Gasteiger partial charge < -0.3 is 10.2 Å². The lowest BCUT2D eigenvalue weighted by molar-refractivity contribution is 0.459. The lowest BCUT2D eigenvalue weighted by Gasteiger charge is -1.98. The van der Waals surface area contributed by atoms with Gasteiger partial charge in [0.05, 0.1) is 6.20 Å². The fourth-order valence-corrected chi connectivity index (χ4v) is 1.24. The van der Waals surface area contributed by atoms with Crippen LogP contribution in [-0.2, 0) is 0 Å². The van der Waals surface area contributed by atoms with E-state index in [-0.39, 0.29) is 11.5 Å². The first-order chi connectivity index (χ1) is 8.20. The Bertz CT molecular complexity index is 610. The van der Waals surface area contributed by atoms with E-state index >= 15 is 0 Å². The van der Waals surface area contributed by atoms with Crippen LogP contribution < -0.4 is 0 Å². The molecule has 0 aliphatic rings. The summed E-state index contributed by atoms with van der Waals surface area (Å²) < 4.78 is 0. The van der Waals surface area contributed by atoms with E-state index in [9.17, 15) is 10.2 Å². The third-order valence-electron chi connectivity index (χ3n) is 2.08. The van der Waals surface area contributed by atoms with Crippen molar-refractivity contribution in [2.24, 2.45) is 4.99 Å². The number of rotatable bonds is 2. The number of H-pyrrole nitrogens is 1. The number of nitrogens with zero attached hydrogens (tertiary/aromatic N) is 3. The molecule has 0 atom stereocenters. The summed E-state index contributed by atoms with van der Waals surface area (Å²) in [5, 5.41) is 33.7. The predicted octanol–water partition coefficient (Wildman–Crippen LogP) is 1.44. The molecule has 1 heterocycles. The minimum Gasteiger partial charge on any atom is -0.508 e. The first-order valence-corrected chi connectivity index (χ1v) is 4.70. The van der Waals surface area contributed by atoms with Gasteiger partial charge in [-0.2, -0.15) is 10.4 Å². The van der Waals surface area contributed by atoms with Crippen LogP contribution in [0.3, 0.4) is 0 Å². The Balaban J connectivity index is 2.33. The average Bonchev–Trinajstić information content (AvgIpc) is 2.77. The van der Waals surface area contributed by atoms with Gasteiger partial charge in [-0.3, -0.25) is 5.10 Å². The maximum Gasteiger partial charge on any atom is 0.165 e. The van der Waals surface area contributed by atoms with Crippen molar-refractivity contribution in [2.45, 2.75) is 0 Å². The van der Waals surface area contributed by atoms with E-state index in [4.69, 9.17) is 5.26 Å². The number of aromatic amines is 1. The zero-order chi connectivity index (χ0) is 12.3. The third-order valence-corrected chi connectivity index (χ3v) is 2.08. The van der Waals surface area contributed by atoms with Crippen LogP contribution in [0.25, 0.3) is 0 Å². The van der Waals surface area contributed by atoms with Gasteiger partial charge in [-0.15, -0.1) is 0 Å². The summed E-state index contributed by atoms with van der Waals surface area (Å²) in [4.78, 5) is 3.97. The number of benzene rings is 1.